The standard InChI is InChI=1S/C14H21ClN2OS/c1-10(2)11-4-3-6-17(7-5-11)14-16-12(9-19-14)13(18)8-15/h9-11H,3-8H2,1-2H3. The molecule has 1 atom stereocenters. The summed E-state index contributed by atoms with van der Waals surface area (Å²) in [5.74, 6) is 1.50. The molecule has 106 valence electrons. The fourth-order valence-corrected chi connectivity index (χ4v) is 3.61. The van der Waals surface area contributed by atoms with Crippen LogP contribution in [0.1, 0.15) is 43.6 Å². The summed E-state index contributed by atoms with van der Waals surface area (Å²) in [6.45, 7) is 6.71. The zero-order chi connectivity index (χ0) is 13.8. The van der Waals surface area contributed by atoms with Crippen molar-refractivity contribution >= 4 is 33.9 Å². The van der Waals surface area contributed by atoms with Gasteiger partial charge in [-0.3, -0.25) is 4.79 Å². The van der Waals surface area contributed by atoms with Gasteiger partial charge in [-0.1, -0.05) is 13.8 Å². The third-order valence-electron chi connectivity index (χ3n) is 3.89. The van der Waals surface area contributed by atoms with Gasteiger partial charge in [-0.25, -0.2) is 4.98 Å². The van der Waals surface area contributed by atoms with Crippen molar-refractivity contribution < 1.29 is 4.79 Å². The van der Waals surface area contributed by atoms with Crippen LogP contribution >= 0.6 is 22.9 Å². The van der Waals surface area contributed by atoms with E-state index >= 15 is 0 Å². The third-order valence-corrected chi connectivity index (χ3v) is 5.03. The topological polar surface area (TPSA) is 33.2 Å². The van der Waals surface area contributed by atoms with E-state index in [0.717, 1.165) is 30.1 Å². The zero-order valence-electron chi connectivity index (χ0n) is 11.6. The molecule has 19 heavy (non-hydrogen) atoms. The smallest absolute Gasteiger partial charge is 0.196 e. The van der Waals surface area contributed by atoms with E-state index < -0.39 is 0 Å². The van der Waals surface area contributed by atoms with Gasteiger partial charge >= 0.3 is 0 Å². The molecule has 0 amide bonds. The van der Waals surface area contributed by atoms with Crippen LogP contribution in [0.3, 0.4) is 0 Å². The Morgan fingerprint density at radius 3 is 3.00 bits per heavy atom. The van der Waals surface area contributed by atoms with Gasteiger partial charge in [-0.15, -0.1) is 22.9 Å². The van der Waals surface area contributed by atoms with Gasteiger partial charge < -0.3 is 4.90 Å². The molecule has 1 saturated heterocycles. The number of hydrogen-bond donors (Lipinski definition) is 0. The number of ketones is 1. The normalized spacial score (nSPS) is 20.6. The SMILES string of the molecule is CC(C)C1CCCN(c2nc(C(=O)CCl)cs2)CC1. The summed E-state index contributed by atoms with van der Waals surface area (Å²) >= 11 is 7.12. The average molecular weight is 301 g/mol. The molecule has 1 fully saturated rings. The molecule has 0 aromatic carbocycles. The van der Waals surface area contributed by atoms with E-state index in [2.05, 4.69) is 23.7 Å². The number of hydrogen-bond acceptors (Lipinski definition) is 4. The molecule has 1 aliphatic heterocycles. The van der Waals surface area contributed by atoms with Crippen LogP contribution in [0, 0.1) is 11.8 Å². The Morgan fingerprint density at radius 1 is 1.53 bits per heavy atom. The van der Waals surface area contributed by atoms with E-state index in [0.29, 0.717) is 5.69 Å². The van der Waals surface area contributed by atoms with Gasteiger partial charge in [0.2, 0.25) is 0 Å². The van der Waals surface area contributed by atoms with Crippen LogP contribution in [0.15, 0.2) is 5.38 Å². The first-order valence-electron chi connectivity index (χ1n) is 6.91. The minimum Gasteiger partial charge on any atom is -0.348 e. The van der Waals surface area contributed by atoms with Crippen molar-refractivity contribution in [2.75, 3.05) is 23.9 Å². The molecular formula is C14H21ClN2OS. The van der Waals surface area contributed by atoms with Crippen LogP contribution < -0.4 is 4.90 Å². The van der Waals surface area contributed by atoms with Crippen LogP contribution in [0.5, 0.6) is 0 Å². The maximum Gasteiger partial charge on any atom is 0.196 e. The molecule has 0 aliphatic carbocycles. The molecule has 0 spiro atoms. The van der Waals surface area contributed by atoms with E-state index in [4.69, 9.17) is 11.6 Å². The third kappa shape index (κ3) is 3.69. The van der Waals surface area contributed by atoms with Crippen molar-refractivity contribution in [3.8, 4) is 0 Å². The summed E-state index contributed by atoms with van der Waals surface area (Å²) < 4.78 is 0. The highest BCUT2D eigenvalue weighted by atomic mass is 35.5. The summed E-state index contributed by atoms with van der Waals surface area (Å²) in [5.41, 5.74) is 0.514. The fourth-order valence-electron chi connectivity index (χ4n) is 2.59. The lowest BCUT2D eigenvalue weighted by Gasteiger charge is -2.20. The Kier molecular flexibility index (Phi) is 5.22. The molecule has 1 aromatic heterocycles. The van der Waals surface area contributed by atoms with Gasteiger partial charge in [0.25, 0.3) is 0 Å². The molecule has 1 aliphatic rings. The molecule has 0 saturated carbocycles. The number of alkyl halides is 1. The maximum absolute atomic E-state index is 11.5. The van der Waals surface area contributed by atoms with Crippen molar-refractivity contribution in [2.45, 2.75) is 33.1 Å². The molecule has 1 aromatic rings. The Bertz CT molecular complexity index is 433. The summed E-state index contributed by atoms with van der Waals surface area (Å²) in [6, 6.07) is 0. The highest BCUT2D eigenvalue weighted by Crippen LogP contribution is 2.29. The lowest BCUT2D eigenvalue weighted by molar-refractivity contribution is 0.101. The van der Waals surface area contributed by atoms with Crippen LogP contribution in [0.2, 0.25) is 0 Å². The summed E-state index contributed by atoms with van der Waals surface area (Å²) in [4.78, 5) is 18.3. The molecular weight excluding hydrogens is 280 g/mol. The van der Waals surface area contributed by atoms with Crippen molar-refractivity contribution in [2.24, 2.45) is 11.8 Å². The number of Topliss-reactive ketones (excluding diaryl/α,β-unsaturated/α-hetero) is 1. The summed E-state index contributed by atoms with van der Waals surface area (Å²) in [5, 5.41) is 2.79. The van der Waals surface area contributed by atoms with Gasteiger partial charge in [-0.2, -0.15) is 0 Å². The lowest BCUT2D eigenvalue weighted by atomic mass is 9.89. The fraction of sp³-hybridized carbons (Fsp3) is 0.714. The Morgan fingerprint density at radius 2 is 2.32 bits per heavy atom. The Labute approximate surface area is 124 Å². The molecule has 2 heterocycles. The minimum atomic E-state index is -0.0842. The van der Waals surface area contributed by atoms with Crippen molar-refractivity contribution in [1.82, 2.24) is 4.98 Å². The van der Waals surface area contributed by atoms with Crippen LogP contribution in [-0.4, -0.2) is 29.7 Å². The Balaban J connectivity index is 2.02. The quantitative estimate of drug-likeness (QED) is 0.626. The second kappa shape index (κ2) is 6.71. The first-order chi connectivity index (χ1) is 9.11. The Hall–Kier alpha value is -0.610. The molecule has 2 rings (SSSR count). The van der Waals surface area contributed by atoms with Gasteiger partial charge in [0.1, 0.15) is 5.69 Å². The number of carbonyl (C=O) groups excluding carboxylic acids is 1. The van der Waals surface area contributed by atoms with E-state index in [-0.39, 0.29) is 11.7 Å². The molecule has 0 radical (unpaired) electrons. The van der Waals surface area contributed by atoms with Crippen LogP contribution in [0.4, 0.5) is 5.13 Å². The number of anilines is 1. The van der Waals surface area contributed by atoms with E-state index in [9.17, 15) is 4.79 Å². The van der Waals surface area contributed by atoms with E-state index in [1.54, 1.807) is 11.3 Å². The first-order valence-corrected chi connectivity index (χ1v) is 8.33. The predicted octanol–water partition coefficient (Wildman–Crippen LogP) is 3.83. The van der Waals surface area contributed by atoms with Gasteiger partial charge in [0, 0.05) is 18.5 Å². The van der Waals surface area contributed by atoms with Crippen LogP contribution in [0.25, 0.3) is 0 Å². The van der Waals surface area contributed by atoms with Gasteiger partial charge in [-0.05, 0) is 31.1 Å². The van der Waals surface area contributed by atoms with E-state index in [1.807, 2.05) is 5.38 Å². The average Bonchev–Trinajstić information content (AvgIpc) is 2.75. The number of aromatic nitrogens is 1. The largest absolute Gasteiger partial charge is 0.348 e. The highest BCUT2D eigenvalue weighted by Gasteiger charge is 2.21. The second-order valence-electron chi connectivity index (χ2n) is 5.49. The molecule has 3 nitrogen and oxygen atoms in total. The first kappa shape index (κ1) is 14.8. The number of nitrogens with zero attached hydrogens (tertiary/aromatic N) is 2. The monoisotopic (exact) mass is 300 g/mol. The number of thiazole rings is 1. The van der Waals surface area contributed by atoms with Crippen LogP contribution in [-0.2, 0) is 0 Å². The maximum atomic E-state index is 11.5. The molecule has 5 heteroatoms. The summed E-state index contributed by atoms with van der Waals surface area (Å²) in [6.07, 6.45) is 3.73. The number of rotatable bonds is 4. The lowest BCUT2D eigenvalue weighted by Crippen LogP contribution is -2.24. The number of carbonyl (C=O) groups is 1. The van der Waals surface area contributed by atoms with Crippen molar-refractivity contribution in [3.63, 3.8) is 0 Å². The highest BCUT2D eigenvalue weighted by molar-refractivity contribution is 7.14. The molecule has 1 unspecified atom stereocenters. The predicted molar refractivity (Wildman–Crippen MR) is 81.6 cm³/mol. The molecule has 0 bridgehead atoms. The minimum absolute atomic E-state index is 0.0125. The zero-order valence-corrected chi connectivity index (χ0v) is 13.1. The van der Waals surface area contributed by atoms with Gasteiger partial charge in [0.05, 0.1) is 5.88 Å². The van der Waals surface area contributed by atoms with Crippen molar-refractivity contribution in [3.05, 3.63) is 11.1 Å². The van der Waals surface area contributed by atoms with Gasteiger partial charge in [0.15, 0.2) is 10.9 Å². The van der Waals surface area contributed by atoms with Crippen molar-refractivity contribution in [1.29, 1.82) is 0 Å². The van der Waals surface area contributed by atoms with E-state index in [1.165, 1.54) is 19.3 Å². The summed E-state index contributed by atoms with van der Waals surface area (Å²) in [7, 11) is 0. The second-order valence-corrected chi connectivity index (χ2v) is 6.60. The molecule has 0 N–H and O–H groups in total. The number of halogens is 1.